The lowest BCUT2D eigenvalue weighted by molar-refractivity contribution is 0.0961. The van der Waals surface area contributed by atoms with E-state index < -0.39 is 0 Å². The molecule has 1 aliphatic rings. The number of hydrogen-bond acceptors (Lipinski definition) is 4. The summed E-state index contributed by atoms with van der Waals surface area (Å²) in [6, 6.07) is 8.81. The van der Waals surface area contributed by atoms with Gasteiger partial charge >= 0.3 is 0 Å². The molecule has 1 saturated carbocycles. The number of aryl methyl sites for hydroxylation is 1. The van der Waals surface area contributed by atoms with Crippen LogP contribution in [0, 0.1) is 6.92 Å². The first kappa shape index (κ1) is 20.1. The number of amides is 2. The number of pyridine rings is 1. The van der Waals surface area contributed by atoms with E-state index in [1.807, 2.05) is 17.7 Å². The second kappa shape index (κ2) is 7.23. The van der Waals surface area contributed by atoms with Crippen molar-refractivity contribution in [2.24, 2.45) is 0 Å². The molecule has 0 bridgehead atoms. The number of rotatable bonds is 4. The Kier molecular flexibility index (Phi) is 4.84. The number of hydrogen-bond donors (Lipinski definition) is 2. The molecule has 0 radical (unpaired) electrons. The Bertz CT molecular complexity index is 1150. The van der Waals surface area contributed by atoms with E-state index in [2.05, 4.69) is 31.4 Å². The van der Waals surface area contributed by atoms with Crippen LogP contribution in [0.5, 0.6) is 0 Å². The molecule has 4 rings (SSSR count). The molecule has 2 N–H and O–H groups in total. The van der Waals surface area contributed by atoms with Crippen molar-refractivity contribution in [3.05, 3.63) is 52.8 Å². The predicted molar refractivity (Wildman–Crippen MR) is 117 cm³/mol. The highest BCUT2D eigenvalue weighted by molar-refractivity contribution is 6.13. The van der Waals surface area contributed by atoms with Crippen LogP contribution in [0.25, 0.3) is 11.0 Å². The number of anilines is 1. The maximum atomic E-state index is 13.3. The van der Waals surface area contributed by atoms with Gasteiger partial charge in [-0.1, -0.05) is 6.07 Å². The molecule has 0 atom stereocenters. The lowest BCUT2D eigenvalue weighted by Gasteiger charge is -2.20. The third-order valence-electron chi connectivity index (χ3n) is 5.32. The maximum Gasteiger partial charge on any atom is 0.256 e. The monoisotopic (exact) mass is 405 g/mol. The fourth-order valence-corrected chi connectivity index (χ4v) is 3.62. The first-order chi connectivity index (χ1) is 14.2. The summed E-state index contributed by atoms with van der Waals surface area (Å²) >= 11 is 0. The second-order valence-electron chi connectivity index (χ2n) is 8.85. The minimum Gasteiger partial charge on any atom is -0.355 e. The highest BCUT2D eigenvalue weighted by atomic mass is 16.2. The largest absolute Gasteiger partial charge is 0.355 e. The number of fused-ring (bicyclic) bond motifs is 1. The summed E-state index contributed by atoms with van der Waals surface area (Å²) < 4.78 is 1.91. The Morgan fingerprint density at radius 2 is 1.87 bits per heavy atom. The fraction of sp³-hybridized carbons (Fsp3) is 0.391. The summed E-state index contributed by atoms with van der Waals surface area (Å²) in [6.07, 6.45) is 2.19. The van der Waals surface area contributed by atoms with Crippen LogP contribution in [0.15, 0.2) is 30.3 Å². The third kappa shape index (κ3) is 3.67. The molecule has 7 nitrogen and oxygen atoms in total. The van der Waals surface area contributed by atoms with Crippen LogP contribution in [-0.2, 0) is 5.54 Å². The standard InChI is InChI=1S/C23H27N5O2/c1-13-19-17(22(30)25-16-8-6-7-15(11-16)21(29)24-5)12-18(14-9-10-14)26-20(19)28(27-13)23(2,3)4/h6-8,11-12,14H,9-10H2,1-5H3,(H,24,29)(H,25,30). The summed E-state index contributed by atoms with van der Waals surface area (Å²) in [5, 5.41) is 11.0. The van der Waals surface area contributed by atoms with Gasteiger partial charge in [-0.15, -0.1) is 0 Å². The van der Waals surface area contributed by atoms with Crippen LogP contribution < -0.4 is 10.6 Å². The normalized spacial score (nSPS) is 14.0. The average molecular weight is 406 g/mol. The van der Waals surface area contributed by atoms with Gasteiger partial charge in [0.1, 0.15) is 0 Å². The molecule has 0 saturated heterocycles. The minimum absolute atomic E-state index is 0.198. The number of aromatic nitrogens is 3. The molecule has 1 fully saturated rings. The molecule has 0 unspecified atom stereocenters. The maximum absolute atomic E-state index is 13.3. The van der Waals surface area contributed by atoms with Crippen molar-refractivity contribution >= 4 is 28.5 Å². The van der Waals surface area contributed by atoms with E-state index in [1.54, 1.807) is 31.3 Å². The summed E-state index contributed by atoms with van der Waals surface area (Å²) in [5.74, 6) is -0.0215. The minimum atomic E-state index is -0.253. The fourth-order valence-electron chi connectivity index (χ4n) is 3.62. The summed E-state index contributed by atoms with van der Waals surface area (Å²) in [6.45, 7) is 8.14. The van der Waals surface area contributed by atoms with E-state index >= 15 is 0 Å². The first-order valence-electron chi connectivity index (χ1n) is 10.2. The van der Waals surface area contributed by atoms with Crippen LogP contribution in [-0.4, -0.2) is 33.6 Å². The Morgan fingerprint density at radius 1 is 1.13 bits per heavy atom. The predicted octanol–water partition coefficient (Wildman–Crippen LogP) is 3.98. The van der Waals surface area contributed by atoms with Crippen LogP contribution in [0.2, 0.25) is 0 Å². The van der Waals surface area contributed by atoms with Gasteiger partial charge < -0.3 is 10.6 Å². The van der Waals surface area contributed by atoms with E-state index in [9.17, 15) is 9.59 Å². The highest BCUT2D eigenvalue weighted by Crippen LogP contribution is 2.41. The Balaban J connectivity index is 1.79. The molecule has 30 heavy (non-hydrogen) atoms. The zero-order chi connectivity index (χ0) is 21.6. The summed E-state index contributed by atoms with van der Waals surface area (Å²) in [4.78, 5) is 30.1. The van der Waals surface area contributed by atoms with Gasteiger partial charge in [0.25, 0.3) is 11.8 Å². The van der Waals surface area contributed by atoms with E-state index in [-0.39, 0.29) is 17.4 Å². The molecule has 1 aliphatic carbocycles. The number of benzene rings is 1. The van der Waals surface area contributed by atoms with Crippen LogP contribution in [0.4, 0.5) is 5.69 Å². The van der Waals surface area contributed by atoms with Gasteiger partial charge in [-0.25, -0.2) is 9.67 Å². The van der Waals surface area contributed by atoms with Gasteiger partial charge in [-0.05, 0) is 64.8 Å². The summed E-state index contributed by atoms with van der Waals surface area (Å²) in [7, 11) is 1.58. The van der Waals surface area contributed by atoms with E-state index in [1.165, 1.54) is 0 Å². The third-order valence-corrected chi connectivity index (χ3v) is 5.32. The second-order valence-corrected chi connectivity index (χ2v) is 8.85. The quantitative estimate of drug-likeness (QED) is 0.687. The van der Waals surface area contributed by atoms with Gasteiger partial charge in [-0.3, -0.25) is 9.59 Å². The van der Waals surface area contributed by atoms with Crippen LogP contribution in [0.1, 0.15) is 71.6 Å². The smallest absolute Gasteiger partial charge is 0.256 e. The zero-order valence-electron chi connectivity index (χ0n) is 18.0. The van der Waals surface area contributed by atoms with Gasteiger partial charge in [0, 0.05) is 29.9 Å². The van der Waals surface area contributed by atoms with Gasteiger partial charge in [0.05, 0.1) is 22.2 Å². The van der Waals surface area contributed by atoms with Crippen molar-refractivity contribution in [3.63, 3.8) is 0 Å². The molecule has 7 heteroatoms. The molecule has 0 aliphatic heterocycles. The molecular weight excluding hydrogens is 378 g/mol. The van der Waals surface area contributed by atoms with Gasteiger partial charge in [-0.2, -0.15) is 5.10 Å². The molecule has 156 valence electrons. The molecule has 3 aromatic rings. The average Bonchev–Trinajstić information content (AvgIpc) is 3.49. The van der Waals surface area contributed by atoms with Crippen molar-refractivity contribution in [1.29, 1.82) is 0 Å². The van der Waals surface area contributed by atoms with Gasteiger partial charge in [0.15, 0.2) is 5.65 Å². The topological polar surface area (TPSA) is 88.9 Å². The van der Waals surface area contributed by atoms with Crippen molar-refractivity contribution in [2.45, 2.75) is 52.0 Å². The molecule has 2 heterocycles. The lowest BCUT2D eigenvalue weighted by atomic mass is 10.1. The number of carbonyl (C=O) groups is 2. The zero-order valence-corrected chi connectivity index (χ0v) is 18.0. The summed E-state index contributed by atoms with van der Waals surface area (Å²) in [5.41, 5.74) is 3.84. The van der Waals surface area contributed by atoms with Crippen molar-refractivity contribution < 1.29 is 9.59 Å². The SMILES string of the molecule is CNC(=O)c1cccc(NC(=O)c2cc(C3CC3)nc3c2c(C)nn3C(C)(C)C)c1. The van der Waals surface area contributed by atoms with E-state index in [0.717, 1.165) is 35.3 Å². The van der Waals surface area contributed by atoms with Crippen LogP contribution >= 0.6 is 0 Å². The molecule has 2 aromatic heterocycles. The molecule has 0 spiro atoms. The van der Waals surface area contributed by atoms with Gasteiger partial charge in [0.2, 0.25) is 0 Å². The van der Waals surface area contributed by atoms with Crippen molar-refractivity contribution in [3.8, 4) is 0 Å². The lowest BCUT2D eigenvalue weighted by Crippen LogP contribution is -2.24. The highest BCUT2D eigenvalue weighted by Gasteiger charge is 2.30. The Morgan fingerprint density at radius 3 is 2.50 bits per heavy atom. The van der Waals surface area contributed by atoms with Crippen LogP contribution in [0.3, 0.4) is 0 Å². The molecular formula is C23H27N5O2. The number of nitrogens with zero attached hydrogens (tertiary/aromatic N) is 3. The van der Waals surface area contributed by atoms with Crippen molar-refractivity contribution in [2.75, 3.05) is 12.4 Å². The van der Waals surface area contributed by atoms with E-state index in [0.29, 0.717) is 22.7 Å². The molecule has 1 aromatic carbocycles. The Labute approximate surface area is 175 Å². The molecule has 2 amide bonds. The van der Waals surface area contributed by atoms with E-state index in [4.69, 9.17) is 10.1 Å². The van der Waals surface area contributed by atoms with Crippen molar-refractivity contribution in [1.82, 2.24) is 20.1 Å². The number of nitrogens with one attached hydrogen (secondary N) is 2. The first-order valence-corrected chi connectivity index (χ1v) is 10.2. The Hall–Kier alpha value is -3.22. The number of carbonyl (C=O) groups excluding carboxylic acids is 2.